The average molecular weight is 300 g/mol. The second-order valence-corrected chi connectivity index (χ2v) is 6.03. The van der Waals surface area contributed by atoms with Crippen molar-refractivity contribution in [1.82, 2.24) is 10.2 Å². The number of thioether (sulfide) groups is 1. The van der Waals surface area contributed by atoms with E-state index in [1.165, 1.54) is 12.0 Å². The molecule has 0 aromatic rings. The molecule has 0 aliphatic carbocycles. The van der Waals surface area contributed by atoms with Gasteiger partial charge < -0.3 is 10.1 Å². The number of β-lactam (4-membered cyclic amide) rings is 1. The van der Waals surface area contributed by atoms with Gasteiger partial charge >= 0.3 is 5.97 Å². The lowest BCUT2D eigenvalue weighted by molar-refractivity contribution is -0.150. The molecule has 7 heteroatoms. The SMILES string of the molecule is CCC(=S)NC1C(=O)N2C(C(=O)OC)=C(C)CS[C@H]12. The third-order valence-corrected chi connectivity index (χ3v) is 5.01. The van der Waals surface area contributed by atoms with Gasteiger partial charge in [-0.1, -0.05) is 19.1 Å². The van der Waals surface area contributed by atoms with Crippen LogP contribution in [0.4, 0.5) is 0 Å². The molecule has 2 atom stereocenters. The predicted octanol–water partition coefficient (Wildman–Crippen LogP) is 1.04. The lowest BCUT2D eigenvalue weighted by Gasteiger charge is -2.49. The lowest BCUT2D eigenvalue weighted by atomic mass is 10.0. The molecule has 5 nitrogen and oxygen atoms in total. The number of carbonyl (C=O) groups excluding carboxylic acids is 2. The van der Waals surface area contributed by atoms with Crippen molar-refractivity contribution in [2.24, 2.45) is 0 Å². The minimum absolute atomic E-state index is 0.0743. The van der Waals surface area contributed by atoms with Crippen molar-refractivity contribution in [3.8, 4) is 0 Å². The van der Waals surface area contributed by atoms with Gasteiger partial charge in [0.1, 0.15) is 17.1 Å². The Bertz CT molecular complexity index is 476. The first-order valence-corrected chi connectivity index (χ1v) is 7.49. The molecule has 0 aromatic carbocycles. The van der Waals surface area contributed by atoms with Gasteiger partial charge in [-0.3, -0.25) is 9.69 Å². The Morgan fingerprint density at radius 3 is 2.89 bits per heavy atom. The molecule has 1 unspecified atom stereocenters. The molecule has 0 aromatic heterocycles. The molecule has 1 fully saturated rings. The maximum atomic E-state index is 12.2. The Morgan fingerprint density at radius 1 is 1.63 bits per heavy atom. The number of carbonyl (C=O) groups is 2. The van der Waals surface area contributed by atoms with Gasteiger partial charge in [0.05, 0.1) is 12.1 Å². The monoisotopic (exact) mass is 300 g/mol. The van der Waals surface area contributed by atoms with E-state index in [0.29, 0.717) is 17.1 Å². The largest absolute Gasteiger partial charge is 0.464 e. The number of thiocarbonyl (C=S) groups is 1. The van der Waals surface area contributed by atoms with E-state index >= 15 is 0 Å². The number of rotatable bonds is 3. The third kappa shape index (κ3) is 2.36. The molecule has 0 spiro atoms. The summed E-state index contributed by atoms with van der Waals surface area (Å²) in [5.41, 5.74) is 1.26. The number of ether oxygens (including phenoxy) is 1. The van der Waals surface area contributed by atoms with E-state index in [0.717, 1.165) is 11.3 Å². The minimum Gasteiger partial charge on any atom is -0.464 e. The Morgan fingerprint density at radius 2 is 2.32 bits per heavy atom. The van der Waals surface area contributed by atoms with Crippen LogP contribution in [0, 0.1) is 0 Å². The van der Waals surface area contributed by atoms with E-state index in [9.17, 15) is 9.59 Å². The zero-order chi connectivity index (χ0) is 14.2. The smallest absolute Gasteiger partial charge is 0.354 e. The first-order chi connectivity index (χ1) is 9.01. The van der Waals surface area contributed by atoms with Crippen LogP contribution in [0.5, 0.6) is 0 Å². The molecule has 1 N–H and O–H groups in total. The van der Waals surface area contributed by atoms with Gasteiger partial charge in [-0.15, -0.1) is 11.8 Å². The highest BCUT2D eigenvalue weighted by Gasteiger charge is 2.53. The number of nitrogens with one attached hydrogen (secondary N) is 1. The van der Waals surface area contributed by atoms with E-state index in [4.69, 9.17) is 17.0 Å². The Balaban J connectivity index is 2.18. The molecular weight excluding hydrogens is 284 g/mol. The number of esters is 1. The van der Waals surface area contributed by atoms with Crippen LogP contribution in [-0.2, 0) is 14.3 Å². The summed E-state index contributed by atoms with van der Waals surface area (Å²) in [6.45, 7) is 3.79. The van der Waals surface area contributed by atoms with Crippen molar-refractivity contribution in [2.45, 2.75) is 31.7 Å². The molecule has 19 heavy (non-hydrogen) atoms. The number of hydrogen-bond donors (Lipinski definition) is 1. The number of hydrogen-bond acceptors (Lipinski definition) is 5. The van der Waals surface area contributed by atoms with Gasteiger partial charge in [0.25, 0.3) is 5.91 Å². The van der Waals surface area contributed by atoms with Crippen LogP contribution < -0.4 is 5.32 Å². The number of amides is 1. The molecule has 1 amide bonds. The number of fused-ring (bicyclic) bond motifs is 1. The molecule has 2 heterocycles. The standard InChI is InChI=1S/C12H16N2O3S2/c1-4-7(18)13-8-10(15)14-9(12(16)17-3)6(2)5-19-11(8)14/h8,11H,4-5H2,1-3H3,(H,13,18)/t8?,11-/m1/s1. The Kier molecular flexibility index (Phi) is 4.15. The normalized spacial score (nSPS) is 25.6. The summed E-state index contributed by atoms with van der Waals surface area (Å²) in [6.07, 6.45) is 0.704. The summed E-state index contributed by atoms with van der Waals surface area (Å²) >= 11 is 6.75. The van der Waals surface area contributed by atoms with Crippen LogP contribution in [0.3, 0.4) is 0 Å². The van der Waals surface area contributed by atoms with Crippen LogP contribution in [0.25, 0.3) is 0 Å². The number of nitrogens with zero attached hydrogens (tertiary/aromatic N) is 1. The summed E-state index contributed by atoms with van der Waals surface area (Å²) in [5, 5.41) is 2.98. The van der Waals surface area contributed by atoms with E-state index < -0.39 is 5.97 Å². The van der Waals surface area contributed by atoms with Gasteiger partial charge in [0.2, 0.25) is 0 Å². The minimum atomic E-state index is -0.451. The van der Waals surface area contributed by atoms with Crippen molar-refractivity contribution in [3.63, 3.8) is 0 Å². The quantitative estimate of drug-likeness (QED) is 0.477. The first kappa shape index (κ1) is 14.3. The van der Waals surface area contributed by atoms with Gasteiger partial charge in [-0.25, -0.2) is 4.79 Å². The topological polar surface area (TPSA) is 58.6 Å². The molecule has 104 valence electrons. The molecule has 0 saturated carbocycles. The Labute approximate surface area is 121 Å². The average Bonchev–Trinajstić information content (AvgIpc) is 2.43. The molecular formula is C12H16N2O3S2. The third-order valence-electron chi connectivity index (χ3n) is 3.18. The summed E-state index contributed by atoms with van der Waals surface area (Å²) in [5.74, 6) is 0.149. The van der Waals surface area contributed by atoms with Gasteiger partial charge in [-0.2, -0.15) is 0 Å². The van der Waals surface area contributed by atoms with E-state index in [1.54, 1.807) is 11.8 Å². The van der Waals surface area contributed by atoms with E-state index in [1.807, 2.05) is 13.8 Å². The molecule has 2 aliphatic heterocycles. The van der Waals surface area contributed by atoms with E-state index in [2.05, 4.69) is 5.32 Å². The molecule has 0 radical (unpaired) electrons. The van der Waals surface area contributed by atoms with E-state index in [-0.39, 0.29) is 17.3 Å². The lowest BCUT2D eigenvalue weighted by Crippen LogP contribution is -2.70. The van der Waals surface area contributed by atoms with Crippen LogP contribution in [0.15, 0.2) is 11.3 Å². The fraction of sp³-hybridized carbons (Fsp3) is 0.583. The highest BCUT2D eigenvalue weighted by atomic mass is 32.2. The summed E-state index contributed by atoms with van der Waals surface area (Å²) in [6, 6.07) is -0.329. The van der Waals surface area contributed by atoms with Crippen LogP contribution in [-0.4, -0.2) is 46.0 Å². The fourth-order valence-corrected chi connectivity index (χ4v) is 3.55. The van der Waals surface area contributed by atoms with Gasteiger partial charge in [0, 0.05) is 5.75 Å². The number of methoxy groups -OCH3 is 1. The van der Waals surface area contributed by atoms with Gasteiger partial charge in [0.15, 0.2) is 0 Å². The van der Waals surface area contributed by atoms with Crippen LogP contribution in [0.1, 0.15) is 20.3 Å². The molecule has 2 aliphatic rings. The highest BCUT2D eigenvalue weighted by Crippen LogP contribution is 2.40. The Hall–Kier alpha value is -1.08. The zero-order valence-electron chi connectivity index (χ0n) is 11.1. The molecule has 0 bridgehead atoms. The van der Waals surface area contributed by atoms with Crippen molar-refractivity contribution >= 4 is 40.8 Å². The maximum Gasteiger partial charge on any atom is 0.354 e. The first-order valence-electron chi connectivity index (χ1n) is 6.03. The van der Waals surface area contributed by atoms with Crippen molar-refractivity contribution < 1.29 is 14.3 Å². The van der Waals surface area contributed by atoms with Crippen molar-refractivity contribution in [1.29, 1.82) is 0 Å². The molecule has 2 rings (SSSR count). The predicted molar refractivity (Wildman–Crippen MR) is 77.6 cm³/mol. The second kappa shape index (κ2) is 5.50. The second-order valence-electron chi connectivity index (χ2n) is 4.43. The molecule has 1 saturated heterocycles. The van der Waals surface area contributed by atoms with Crippen LogP contribution in [0.2, 0.25) is 0 Å². The van der Waals surface area contributed by atoms with Crippen LogP contribution >= 0.6 is 24.0 Å². The fourth-order valence-electron chi connectivity index (χ4n) is 2.13. The van der Waals surface area contributed by atoms with Crippen molar-refractivity contribution in [3.05, 3.63) is 11.3 Å². The maximum absolute atomic E-state index is 12.2. The van der Waals surface area contributed by atoms with Gasteiger partial charge in [-0.05, 0) is 18.9 Å². The van der Waals surface area contributed by atoms with Crippen molar-refractivity contribution in [2.75, 3.05) is 12.9 Å². The highest BCUT2D eigenvalue weighted by molar-refractivity contribution is 8.00. The zero-order valence-corrected chi connectivity index (χ0v) is 12.7. The summed E-state index contributed by atoms with van der Waals surface area (Å²) in [4.78, 5) is 26.1. The summed E-state index contributed by atoms with van der Waals surface area (Å²) in [7, 11) is 1.32. The summed E-state index contributed by atoms with van der Waals surface area (Å²) < 4.78 is 4.75.